The largest absolute Gasteiger partial charge is 0.391 e. The zero-order valence-electron chi connectivity index (χ0n) is 14.3. The van der Waals surface area contributed by atoms with Crippen LogP contribution in [0.4, 0.5) is 0 Å². The van der Waals surface area contributed by atoms with E-state index in [0.717, 1.165) is 23.0 Å². The lowest BCUT2D eigenvalue weighted by Crippen LogP contribution is -2.41. The van der Waals surface area contributed by atoms with Gasteiger partial charge in [0, 0.05) is 24.5 Å². The molecule has 3 N–H and O–H groups in total. The Hall–Kier alpha value is -1.86. The summed E-state index contributed by atoms with van der Waals surface area (Å²) in [6, 6.07) is 7.69. The van der Waals surface area contributed by atoms with Crippen LogP contribution in [0.15, 0.2) is 41.5 Å². The number of fused-ring (bicyclic) bond motifs is 1. The van der Waals surface area contributed by atoms with Gasteiger partial charge in [-0.05, 0) is 43.5 Å². The molecule has 0 aliphatic carbocycles. The summed E-state index contributed by atoms with van der Waals surface area (Å²) in [5.41, 5.74) is 2.30. The Balaban J connectivity index is 0.00000121. The number of aromatic amines is 1. The highest BCUT2D eigenvalue weighted by molar-refractivity contribution is 5.85. The van der Waals surface area contributed by atoms with Crippen LogP contribution in [0.2, 0.25) is 0 Å². The monoisotopic (exact) mass is 396 g/mol. The van der Waals surface area contributed by atoms with E-state index in [1.807, 2.05) is 42.0 Å². The highest BCUT2D eigenvalue weighted by Crippen LogP contribution is 2.25. The summed E-state index contributed by atoms with van der Waals surface area (Å²) in [7, 11) is 0. The van der Waals surface area contributed by atoms with Gasteiger partial charge in [-0.15, -0.1) is 24.8 Å². The van der Waals surface area contributed by atoms with Crippen LogP contribution < -0.4 is 10.9 Å². The minimum atomic E-state index is -0.444. The smallest absolute Gasteiger partial charge is 0.259 e. The fourth-order valence-electron chi connectivity index (χ4n) is 3.39. The maximum atomic E-state index is 12.5. The van der Waals surface area contributed by atoms with Crippen LogP contribution in [0, 0.1) is 6.92 Å². The normalized spacial score (nSPS) is 19.6. The number of nitrogens with one attached hydrogen (secondary N) is 2. The van der Waals surface area contributed by atoms with Crippen molar-refractivity contribution in [3.63, 3.8) is 0 Å². The number of hydrogen-bond donors (Lipinski definition) is 3. The predicted octanol–water partition coefficient (Wildman–Crippen LogP) is 2.44. The van der Waals surface area contributed by atoms with Crippen molar-refractivity contribution in [2.45, 2.75) is 25.5 Å². The molecule has 0 spiro atoms. The van der Waals surface area contributed by atoms with Crippen LogP contribution in [0.3, 0.4) is 0 Å². The number of H-pyrrole nitrogens is 1. The van der Waals surface area contributed by atoms with E-state index in [9.17, 15) is 9.90 Å². The van der Waals surface area contributed by atoms with E-state index in [-0.39, 0.29) is 36.4 Å². The summed E-state index contributed by atoms with van der Waals surface area (Å²) in [5, 5.41) is 14.6. The number of piperidine rings is 1. The van der Waals surface area contributed by atoms with Crippen molar-refractivity contribution in [2.75, 3.05) is 13.1 Å². The lowest BCUT2D eigenvalue weighted by molar-refractivity contribution is 0.0850. The zero-order valence-corrected chi connectivity index (χ0v) is 15.9. The minimum Gasteiger partial charge on any atom is -0.391 e. The first-order valence-corrected chi connectivity index (χ1v) is 8.19. The molecule has 8 heteroatoms. The Morgan fingerprint density at radius 1 is 1.27 bits per heavy atom. The highest BCUT2D eigenvalue weighted by Gasteiger charge is 2.27. The number of rotatable bonds is 2. The fourth-order valence-corrected chi connectivity index (χ4v) is 3.39. The van der Waals surface area contributed by atoms with Gasteiger partial charge in [0.25, 0.3) is 5.56 Å². The average Bonchev–Trinajstić information content (AvgIpc) is 3.04. The van der Waals surface area contributed by atoms with E-state index >= 15 is 0 Å². The van der Waals surface area contributed by atoms with E-state index < -0.39 is 6.10 Å². The molecule has 1 aliphatic rings. The van der Waals surface area contributed by atoms with Crippen LogP contribution in [0.5, 0.6) is 0 Å². The van der Waals surface area contributed by atoms with Crippen molar-refractivity contribution in [3.8, 4) is 11.4 Å². The van der Waals surface area contributed by atoms with Crippen LogP contribution in [-0.2, 0) is 0 Å². The molecule has 26 heavy (non-hydrogen) atoms. The highest BCUT2D eigenvalue weighted by atomic mass is 35.5. The van der Waals surface area contributed by atoms with E-state index in [0.29, 0.717) is 24.4 Å². The van der Waals surface area contributed by atoms with Gasteiger partial charge in [0.15, 0.2) is 0 Å². The molecule has 1 aromatic carbocycles. The van der Waals surface area contributed by atoms with Crippen molar-refractivity contribution in [2.24, 2.45) is 0 Å². The summed E-state index contributed by atoms with van der Waals surface area (Å²) in [6.07, 6.45) is 3.75. The first-order chi connectivity index (χ1) is 11.6. The molecule has 0 radical (unpaired) electrons. The third kappa shape index (κ3) is 3.64. The quantitative estimate of drug-likeness (QED) is 0.621. The van der Waals surface area contributed by atoms with Gasteiger partial charge >= 0.3 is 0 Å². The van der Waals surface area contributed by atoms with E-state index in [1.54, 1.807) is 6.20 Å². The van der Waals surface area contributed by atoms with Gasteiger partial charge in [-0.25, -0.2) is 4.98 Å². The number of pyridine rings is 1. The Bertz CT molecular complexity index is 954. The van der Waals surface area contributed by atoms with E-state index in [4.69, 9.17) is 0 Å². The second-order valence-corrected chi connectivity index (χ2v) is 6.39. The number of aliphatic hydroxyl groups excluding tert-OH is 1. The fraction of sp³-hybridized carbons (Fsp3) is 0.333. The topological polar surface area (TPSA) is 82.9 Å². The SMILES string of the molecule is Cc1ccc2[nH]c(=O)c(-c3nccn3[C@@H]3CNCC[C@H]3O)cc2c1.Cl.Cl. The zero-order chi connectivity index (χ0) is 16.7. The maximum Gasteiger partial charge on any atom is 0.259 e. The van der Waals surface area contributed by atoms with E-state index in [1.165, 1.54) is 0 Å². The van der Waals surface area contributed by atoms with Gasteiger partial charge in [-0.3, -0.25) is 4.79 Å². The number of benzene rings is 1. The number of aromatic nitrogens is 3. The Morgan fingerprint density at radius 2 is 2.08 bits per heavy atom. The van der Waals surface area contributed by atoms with Gasteiger partial charge in [-0.1, -0.05) is 11.6 Å². The van der Waals surface area contributed by atoms with Gasteiger partial charge < -0.3 is 20.0 Å². The molecule has 4 rings (SSSR count). The number of imidazole rings is 1. The Morgan fingerprint density at radius 3 is 2.85 bits per heavy atom. The average molecular weight is 397 g/mol. The lowest BCUT2D eigenvalue weighted by Gasteiger charge is -2.30. The van der Waals surface area contributed by atoms with Crippen LogP contribution in [0.25, 0.3) is 22.3 Å². The van der Waals surface area contributed by atoms with Crippen LogP contribution in [0.1, 0.15) is 18.0 Å². The molecule has 0 bridgehead atoms. The third-order valence-corrected chi connectivity index (χ3v) is 4.68. The molecular formula is C18H22Cl2N4O2. The van der Waals surface area contributed by atoms with Crippen molar-refractivity contribution in [1.82, 2.24) is 19.9 Å². The second-order valence-electron chi connectivity index (χ2n) is 6.39. The summed E-state index contributed by atoms with van der Waals surface area (Å²) >= 11 is 0. The van der Waals surface area contributed by atoms with Crippen LogP contribution >= 0.6 is 24.8 Å². The molecule has 1 saturated heterocycles. The van der Waals surface area contributed by atoms with Crippen LogP contribution in [-0.4, -0.2) is 38.8 Å². The van der Waals surface area contributed by atoms with Gasteiger partial charge in [0.1, 0.15) is 5.82 Å². The van der Waals surface area contributed by atoms with Gasteiger partial charge in [0.05, 0.1) is 17.7 Å². The predicted molar refractivity (Wildman–Crippen MR) is 108 cm³/mol. The van der Waals surface area contributed by atoms with Crippen molar-refractivity contribution < 1.29 is 5.11 Å². The summed E-state index contributed by atoms with van der Waals surface area (Å²) in [6.45, 7) is 3.49. The number of hydrogen-bond acceptors (Lipinski definition) is 4. The Labute approximate surface area is 163 Å². The second kappa shape index (κ2) is 8.22. The molecule has 2 atom stereocenters. The molecule has 0 amide bonds. The summed E-state index contributed by atoms with van der Waals surface area (Å²) < 4.78 is 1.91. The first-order valence-electron chi connectivity index (χ1n) is 8.19. The molecule has 1 aliphatic heterocycles. The van der Waals surface area contributed by atoms with Gasteiger partial charge in [0.2, 0.25) is 0 Å². The van der Waals surface area contributed by atoms with Gasteiger partial charge in [-0.2, -0.15) is 0 Å². The molecule has 1 fully saturated rings. The third-order valence-electron chi connectivity index (χ3n) is 4.68. The molecule has 3 heterocycles. The van der Waals surface area contributed by atoms with E-state index in [2.05, 4.69) is 15.3 Å². The molecule has 0 unspecified atom stereocenters. The van der Waals surface area contributed by atoms with Crippen molar-refractivity contribution in [1.29, 1.82) is 0 Å². The molecule has 140 valence electrons. The summed E-state index contributed by atoms with van der Waals surface area (Å²) in [4.78, 5) is 19.9. The number of aliphatic hydroxyl groups is 1. The van der Waals surface area contributed by atoms with Crippen molar-refractivity contribution in [3.05, 3.63) is 52.6 Å². The summed E-state index contributed by atoms with van der Waals surface area (Å²) in [5.74, 6) is 0.590. The standard InChI is InChI=1S/C18H20N4O2.2ClH/c1-11-2-3-14-12(8-11)9-13(18(24)21-14)17-20-6-7-22(17)15-10-19-5-4-16(15)23;;/h2-3,6-9,15-16,19,23H,4-5,10H2,1H3,(H,21,24);2*1H/t15-,16-;;/m1../s1. The number of halogens is 2. The Kier molecular flexibility index (Phi) is 6.47. The minimum absolute atomic E-state index is 0. The number of nitrogens with zero attached hydrogens (tertiary/aromatic N) is 2. The molecule has 3 aromatic rings. The number of aryl methyl sites for hydroxylation is 1. The van der Waals surface area contributed by atoms with Crippen molar-refractivity contribution >= 4 is 35.7 Å². The molecule has 6 nitrogen and oxygen atoms in total. The molecular weight excluding hydrogens is 375 g/mol. The molecule has 0 saturated carbocycles. The maximum absolute atomic E-state index is 12.5. The lowest BCUT2D eigenvalue weighted by atomic mass is 10.0. The first kappa shape index (κ1) is 20.5. The molecule has 2 aromatic heterocycles.